The summed E-state index contributed by atoms with van der Waals surface area (Å²) < 4.78 is 39.7. The summed E-state index contributed by atoms with van der Waals surface area (Å²) >= 11 is 0. The summed E-state index contributed by atoms with van der Waals surface area (Å²) in [5.74, 6) is -1.73. The van der Waals surface area contributed by atoms with E-state index in [2.05, 4.69) is 4.72 Å². The van der Waals surface area contributed by atoms with Crippen LogP contribution in [0.4, 0.5) is 0 Å². The summed E-state index contributed by atoms with van der Waals surface area (Å²) in [6.45, 7) is 7.19. The number of para-hydroxylation sites is 1. The molecular formula is C27H27NO7S. The molecule has 2 unspecified atom stereocenters. The van der Waals surface area contributed by atoms with Crippen LogP contribution in [0.15, 0.2) is 68.7 Å². The number of nitrogens with one attached hydrogen (secondary N) is 1. The number of phenols is 1. The minimum atomic E-state index is -4.01. The highest BCUT2D eigenvalue weighted by atomic mass is 32.2. The third-order valence-electron chi connectivity index (χ3n) is 6.25. The summed E-state index contributed by atoms with van der Waals surface area (Å²) in [6.07, 6.45) is 0.499. The molecule has 0 aliphatic heterocycles. The fourth-order valence-corrected chi connectivity index (χ4v) is 5.21. The van der Waals surface area contributed by atoms with E-state index >= 15 is 0 Å². The Morgan fingerprint density at radius 1 is 1.11 bits per heavy atom. The normalized spacial score (nSPS) is 13.6. The van der Waals surface area contributed by atoms with E-state index in [0.717, 1.165) is 17.2 Å². The summed E-state index contributed by atoms with van der Waals surface area (Å²) in [7, 11) is -4.01. The van der Waals surface area contributed by atoms with Crippen molar-refractivity contribution in [1.82, 2.24) is 4.72 Å². The molecule has 4 aromatic rings. The summed E-state index contributed by atoms with van der Waals surface area (Å²) in [5, 5.41) is 10.9. The van der Waals surface area contributed by atoms with Crippen LogP contribution in [0, 0.1) is 19.8 Å². The van der Waals surface area contributed by atoms with Gasteiger partial charge in [0.2, 0.25) is 15.5 Å². The average Bonchev–Trinajstić information content (AvgIpc) is 2.83. The molecule has 188 valence electrons. The van der Waals surface area contributed by atoms with Gasteiger partial charge in [-0.2, -0.15) is 4.72 Å². The van der Waals surface area contributed by atoms with Crippen LogP contribution < -0.4 is 14.9 Å². The maximum atomic E-state index is 13.1. The minimum Gasteiger partial charge on any atom is -0.507 e. The highest BCUT2D eigenvalue weighted by molar-refractivity contribution is 7.89. The van der Waals surface area contributed by atoms with Gasteiger partial charge in [0, 0.05) is 12.1 Å². The second-order valence-electron chi connectivity index (χ2n) is 8.92. The Morgan fingerprint density at radius 3 is 2.47 bits per heavy atom. The molecule has 3 aromatic carbocycles. The van der Waals surface area contributed by atoms with Gasteiger partial charge in [-0.15, -0.1) is 0 Å². The molecule has 2 atom stereocenters. The maximum Gasteiger partial charge on any atom is 0.329 e. The highest BCUT2D eigenvalue weighted by Crippen LogP contribution is 2.32. The summed E-state index contributed by atoms with van der Waals surface area (Å²) in [4.78, 5) is 26.1. The summed E-state index contributed by atoms with van der Waals surface area (Å²) in [6, 6.07) is 12.7. The molecule has 1 heterocycles. The van der Waals surface area contributed by atoms with Crippen molar-refractivity contribution in [2.24, 2.45) is 5.92 Å². The number of phenolic OH excluding ortho intramolecular Hbond substituents is 1. The van der Waals surface area contributed by atoms with Crippen LogP contribution in [0.2, 0.25) is 0 Å². The zero-order valence-electron chi connectivity index (χ0n) is 20.4. The third kappa shape index (κ3) is 4.84. The van der Waals surface area contributed by atoms with E-state index in [4.69, 9.17) is 9.15 Å². The van der Waals surface area contributed by atoms with Crippen LogP contribution in [-0.2, 0) is 14.8 Å². The number of hydrogen-bond acceptors (Lipinski definition) is 7. The van der Waals surface area contributed by atoms with E-state index in [1.807, 2.05) is 13.8 Å². The number of aryl methyl sites for hydroxylation is 2. The second-order valence-corrected chi connectivity index (χ2v) is 10.6. The fraction of sp³-hybridized carbons (Fsp3) is 0.259. The largest absolute Gasteiger partial charge is 0.507 e. The molecule has 0 amide bonds. The molecule has 0 aliphatic carbocycles. The lowest BCUT2D eigenvalue weighted by Gasteiger charge is -2.22. The van der Waals surface area contributed by atoms with E-state index in [1.165, 1.54) is 18.2 Å². The first-order valence-electron chi connectivity index (χ1n) is 11.5. The molecule has 9 heteroatoms. The van der Waals surface area contributed by atoms with E-state index in [-0.39, 0.29) is 21.6 Å². The van der Waals surface area contributed by atoms with Crippen molar-refractivity contribution < 1.29 is 27.5 Å². The van der Waals surface area contributed by atoms with E-state index < -0.39 is 39.1 Å². The molecule has 0 spiro atoms. The van der Waals surface area contributed by atoms with Gasteiger partial charge in [0.25, 0.3) is 0 Å². The first-order valence-corrected chi connectivity index (χ1v) is 13.0. The Bertz CT molecular complexity index is 1620. The number of carbonyl (C=O) groups excluding carboxylic acids is 1. The average molecular weight is 510 g/mol. The van der Waals surface area contributed by atoms with Crippen molar-refractivity contribution in [3.05, 3.63) is 75.9 Å². The van der Waals surface area contributed by atoms with Crippen LogP contribution in [0.25, 0.3) is 21.9 Å². The SMILES string of the molecule is CCC(C)C(NS(=O)(=O)c1ccc(C)cc1)C(=O)Oc1cc(O)c2c(=O)c3cccc(C)c3oc2c1. The number of aromatic hydroxyl groups is 1. The predicted octanol–water partition coefficient (Wildman–Crippen LogP) is 4.57. The quantitative estimate of drug-likeness (QED) is 0.213. The second kappa shape index (κ2) is 9.75. The number of sulfonamides is 1. The van der Waals surface area contributed by atoms with Crippen molar-refractivity contribution in [1.29, 1.82) is 0 Å². The van der Waals surface area contributed by atoms with Gasteiger partial charge in [0.05, 0.1) is 10.3 Å². The standard InChI is InChI=1S/C27H27NO7S/c1-5-16(3)24(28-36(32,33)19-11-9-15(2)10-12-19)27(31)34-18-13-21(29)23-22(14-18)35-26-17(4)7-6-8-20(26)25(23)30/h6-14,16,24,28-29H,5H2,1-4H3. The Kier molecular flexibility index (Phi) is 6.88. The van der Waals surface area contributed by atoms with Gasteiger partial charge >= 0.3 is 5.97 Å². The van der Waals surface area contributed by atoms with Gasteiger partial charge in [0.1, 0.15) is 34.1 Å². The van der Waals surface area contributed by atoms with Crippen LogP contribution in [0.1, 0.15) is 31.4 Å². The molecule has 2 N–H and O–H groups in total. The number of fused-ring (bicyclic) bond motifs is 2. The lowest BCUT2D eigenvalue weighted by Crippen LogP contribution is -2.46. The van der Waals surface area contributed by atoms with Gasteiger partial charge in [-0.1, -0.05) is 50.1 Å². The van der Waals surface area contributed by atoms with Crippen molar-refractivity contribution in [3.8, 4) is 11.5 Å². The van der Waals surface area contributed by atoms with Crippen molar-refractivity contribution >= 4 is 37.9 Å². The minimum absolute atomic E-state index is 0.0292. The van der Waals surface area contributed by atoms with E-state index in [9.17, 15) is 23.1 Å². The number of esters is 1. The molecule has 4 rings (SSSR count). The van der Waals surface area contributed by atoms with Gasteiger partial charge < -0.3 is 14.3 Å². The number of carbonyl (C=O) groups is 1. The van der Waals surface area contributed by atoms with Gasteiger partial charge in [0.15, 0.2) is 0 Å². The molecule has 8 nitrogen and oxygen atoms in total. The topological polar surface area (TPSA) is 123 Å². The first kappa shape index (κ1) is 25.4. The first-order chi connectivity index (χ1) is 17.0. The highest BCUT2D eigenvalue weighted by Gasteiger charge is 2.31. The van der Waals surface area contributed by atoms with E-state index in [0.29, 0.717) is 17.4 Å². The van der Waals surface area contributed by atoms with Crippen LogP contribution in [-0.4, -0.2) is 25.5 Å². The number of hydrogen-bond donors (Lipinski definition) is 2. The number of benzene rings is 3. The van der Waals surface area contributed by atoms with Crippen LogP contribution in [0.5, 0.6) is 11.5 Å². The molecule has 1 aromatic heterocycles. The zero-order valence-corrected chi connectivity index (χ0v) is 21.2. The molecule has 0 aliphatic rings. The van der Waals surface area contributed by atoms with Crippen LogP contribution in [0.3, 0.4) is 0 Å². The molecule has 36 heavy (non-hydrogen) atoms. The van der Waals surface area contributed by atoms with Gasteiger partial charge in [-0.3, -0.25) is 4.79 Å². The Labute approximate surface area is 208 Å². The lowest BCUT2D eigenvalue weighted by atomic mass is 10.0. The molecule has 0 saturated carbocycles. The van der Waals surface area contributed by atoms with Crippen molar-refractivity contribution in [2.45, 2.75) is 45.1 Å². The molecule has 0 saturated heterocycles. The van der Waals surface area contributed by atoms with Gasteiger partial charge in [-0.05, 0) is 43.5 Å². The lowest BCUT2D eigenvalue weighted by molar-refractivity contribution is -0.137. The Hall–Kier alpha value is -3.69. The van der Waals surface area contributed by atoms with E-state index in [1.54, 1.807) is 44.2 Å². The summed E-state index contributed by atoms with van der Waals surface area (Å²) in [5.41, 5.74) is 1.63. The third-order valence-corrected chi connectivity index (χ3v) is 7.71. The molecular weight excluding hydrogens is 482 g/mol. The Morgan fingerprint density at radius 2 is 1.81 bits per heavy atom. The molecule has 0 radical (unpaired) electrons. The number of rotatable bonds is 7. The number of ether oxygens (including phenoxy) is 1. The smallest absolute Gasteiger partial charge is 0.329 e. The molecule has 0 bridgehead atoms. The van der Waals surface area contributed by atoms with Crippen LogP contribution >= 0.6 is 0 Å². The van der Waals surface area contributed by atoms with Crippen molar-refractivity contribution in [3.63, 3.8) is 0 Å². The van der Waals surface area contributed by atoms with Crippen molar-refractivity contribution in [2.75, 3.05) is 0 Å². The Balaban J connectivity index is 1.69. The molecule has 0 fully saturated rings. The zero-order chi connectivity index (χ0) is 26.2. The monoisotopic (exact) mass is 509 g/mol. The predicted molar refractivity (Wildman–Crippen MR) is 137 cm³/mol. The fourth-order valence-electron chi connectivity index (χ4n) is 3.92. The maximum absolute atomic E-state index is 13.1. The van der Waals surface area contributed by atoms with Gasteiger partial charge in [-0.25, -0.2) is 13.2 Å².